The van der Waals surface area contributed by atoms with Gasteiger partial charge in [0.05, 0.1) is 18.8 Å². The van der Waals surface area contributed by atoms with Crippen molar-refractivity contribution in [2.24, 2.45) is 0 Å². The summed E-state index contributed by atoms with van der Waals surface area (Å²) < 4.78 is 11.1. The lowest BCUT2D eigenvalue weighted by molar-refractivity contribution is 0.0237. The molecule has 1 aromatic carbocycles. The summed E-state index contributed by atoms with van der Waals surface area (Å²) in [5, 5.41) is 2.90. The number of aryl methyl sites for hydroxylation is 2. The third-order valence-corrected chi connectivity index (χ3v) is 3.93. The van der Waals surface area contributed by atoms with E-state index in [-0.39, 0.29) is 12.0 Å². The zero-order chi connectivity index (χ0) is 16.9. The Morgan fingerprint density at radius 1 is 1.17 bits per heavy atom. The fourth-order valence-electron chi connectivity index (χ4n) is 2.80. The van der Waals surface area contributed by atoms with Crippen LogP contribution in [0.1, 0.15) is 34.3 Å². The second-order valence-electron chi connectivity index (χ2n) is 6.15. The van der Waals surface area contributed by atoms with Gasteiger partial charge < -0.3 is 14.8 Å². The zero-order valence-electron chi connectivity index (χ0n) is 14.0. The van der Waals surface area contributed by atoms with Crippen molar-refractivity contribution in [3.8, 4) is 5.88 Å². The number of nitrogens with zero attached hydrogens (tertiary/aromatic N) is 1. The van der Waals surface area contributed by atoms with Crippen molar-refractivity contribution >= 4 is 11.6 Å². The van der Waals surface area contributed by atoms with Gasteiger partial charge in [-0.1, -0.05) is 6.07 Å². The topological polar surface area (TPSA) is 60.5 Å². The fourth-order valence-corrected chi connectivity index (χ4v) is 2.80. The maximum atomic E-state index is 12.3. The molecule has 2 aromatic rings. The first-order valence-corrected chi connectivity index (χ1v) is 8.20. The normalized spacial score (nSPS) is 15.1. The van der Waals surface area contributed by atoms with Crippen LogP contribution in [-0.4, -0.2) is 30.2 Å². The molecule has 5 nitrogen and oxygen atoms in total. The van der Waals surface area contributed by atoms with Crippen molar-refractivity contribution in [2.75, 3.05) is 18.5 Å². The van der Waals surface area contributed by atoms with Gasteiger partial charge in [0.1, 0.15) is 6.10 Å². The van der Waals surface area contributed by atoms with Crippen LogP contribution in [0.4, 0.5) is 5.69 Å². The number of pyridine rings is 1. The van der Waals surface area contributed by atoms with Crippen LogP contribution in [0, 0.1) is 13.8 Å². The second-order valence-corrected chi connectivity index (χ2v) is 6.15. The Labute approximate surface area is 142 Å². The molecular weight excluding hydrogens is 304 g/mol. The number of nitrogens with one attached hydrogen (secondary N) is 1. The molecular formula is C19H22N2O3. The number of hydrogen-bond donors (Lipinski definition) is 1. The van der Waals surface area contributed by atoms with Gasteiger partial charge in [-0.05, 0) is 43.2 Å². The monoisotopic (exact) mass is 326 g/mol. The molecule has 1 aromatic heterocycles. The number of carbonyl (C=O) groups excluding carboxylic acids is 1. The van der Waals surface area contributed by atoms with Gasteiger partial charge >= 0.3 is 0 Å². The maximum Gasteiger partial charge on any atom is 0.257 e. The van der Waals surface area contributed by atoms with E-state index in [1.165, 1.54) is 0 Å². The number of anilines is 1. The van der Waals surface area contributed by atoms with Crippen molar-refractivity contribution in [1.82, 2.24) is 4.98 Å². The highest BCUT2D eigenvalue weighted by Gasteiger charge is 2.16. The molecule has 1 amide bonds. The van der Waals surface area contributed by atoms with Crippen LogP contribution in [0.3, 0.4) is 0 Å². The Kier molecular flexibility index (Phi) is 5.11. The minimum absolute atomic E-state index is 0.140. The van der Waals surface area contributed by atoms with Crippen molar-refractivity contribution in [1.29, 1.82) is 0 Å². The lowest BCUT2D eigenvalue weighted by Gasteiger charge is -2.22. The van der Waals surface area contributed by atoms with E-state index in [9.17, 15) is 4.79 Å². The molecule has 0 radical (unpaired) electrons. The number of aromatic nitrogens is 1. The molecule has 0 unspecified atom stereocenters. The van der Waals surface area contributed by atoms with Crippen LogP contribution in [0.25, 0.3) is 0 Å². The Balaban J connectivity index is 1.62. The summed E-state index contributed by atoms with van der Waals surface area (Å²) in [4.78, 5) is 16.6. The SMILES string of the molecule is Cc1cc(C)cc(NC(=O)c2ccc(OC3CCOCC3)nc2)c1. The molecule has 2 heterocycles. The number of rotatable bonds is 4. The number of hydrogen-bond acceptors (Lipinski definition) is 4. The van der Waals surface area contributed by atoms with E-state index >= 15 is 0 Å². The third kappa shape index (κ3) is 4.32. The number of benzene rings is 1. The molecule has 0 saturated carbocycles. The predicted molar refractivity (Wildman–Crippen MR) is 92.6 cm³/mol. The van der Waals surface area contributed by atoms with E-state index in [2.05, 4.69) is 16.4 Å². The van der Waals surface area contributed by atoms with E-state index < -0.39 is 0 Å². The third-order valence-electron chi connectivity index (χ3n) is 3.93. The minimum Gasteiger partial charge on any atom is -0.474 e. The molecule has 24 heavy (non-hydrogen) atoms. The molecule has 5 heteroatoms. The van der Waals surface area contributed by atoms with Crippen molar-refractivity contribution in [3.63, 3.8) is 0 Å². The molecule has 1 aliphatic rings. The van der Waals surface area contributed by atoms with Crippen LogP contribution in [-0.2, 0) is 4.74 Å². The van der Waals surface area contributed by atoms with Gasteiger partial charge in [0, 0.05) is 30.8 Å². The molecule has 0 bridgehead atoms. The maximum absolute atomic E-state index is 12.3. The Bertz CT molecular complexity index is 687. The number of ether oxygens (including phenoxy) is 2. The second kappa shape index (κ2) is 7.45. The standard InChI is InChI=1S/C19H22N2O3/c1-13-9-14(2)11-16(10-13)21-19(22)15-3-4-18(20-12-15)24-17-5-7-23-8-6-17/h3-4,9-12,17H,5-8H2,1-2H3,(H,21,22). The van der Waals surface area contributed by atoms with Gasteiger partial charge in [-0.15, -0.1) is 0 Å². The quantitative estimate of drug-likeness (QED) is 0.934. The minimum atomic E-state index is -0.176. The van der Waals surface area contributed by atoms with E-state index in [1.54, 1.807) is 18.3 Å². The molecule has 1 saturated heterocycles. The lowest BCUT2D eigenvalue weighted by Crippen LogP contribution is -2.26. The first-order valence-electron chi connectivity index (χ1n) is 8.20. The summed E-state index contributed by atoms with van der Waals surface area (Å²) in [6, 6.07) is 9.44. The molecule has 0 spiro atoms. The summed E-state index contributed by atoms with van der Waals surface area (Å²) in [5.41, 5.74) is 3.53. The van der Waals surface area contributed by atoms with Gasteiger partial charge in [-0.25, -0.2) is 4.98 Å². The van der Waals surface area contributed by atoms with E-state index in [0.717, 1.165) is 42.9 Å². The predicted octanol–water partition coefficient (Wildman–Crippen LogP) is 3.51. The molecule has 0 aliphatic carbocycles. The van der Waals surface area contributed by atoms with Crippen LogP contribution in [0.15, 0.2) is 36.5 Å². The molecule has 0 atom stereocenters. The van der Waals surface area contributed by atoms with Crippen LogP contribution in [0.5, 0.6) is 5.88 Å². The zero-order valence-corrected chi connectivity index (χ0v) is 14.0. The molecule has 1 aliphatic heterocycles. The summed E-state index contributed by atoms with van der Waals surface area (Å²) in [6.45, 7) is 5.46. The van der Waals surface area contributed by atoms with Crippen molar-refractivity contribution in [2.45, 2.75) is 32.8 Å². The van der Waals surface area contributed by atoms with Gasteiger partial charge in [-0.2, -0.15) is 0 Å². The highest BCUT2D eigenvalue weighted by atomic mass is 16.5. The first-order chi connectivity index (χ1) is 11.6. The van der Waals surface area contributed by atoms with E-state index in [1.807, 2.05) is 26.0 Å². The summed E-state index contributed by atoms with van der Waals surface area (Å²) in [5.74, 6) is 0.370. The molecule has 1 fully saturated rings. The summed E-state index contributed by atoms with van der Waals surface area (Å²) in [7, 11) is 0. The van der Waals surface area contributed by atoms with E-state index in [0.29, 0.717) is 11.4 Å². The van der Waals surface area contributed by atoms with Crippen LogP contribution >= 0.6 is 0 Å². The fraction of sp³-hybridized carbons (Fsp3) is 0.368. The Morgan fingerprint density at radius 2 is 1.88 bits per heavy atom. The van der Waals surface area contributed by atoms with Gasteiger partial charge in [0.15, 0.2) is 0 Å². The summed E-state index contributed by atoms with van der Waals surface area (Å²) in [6.07, 6.45) is 3.43. The first kappa shape index (κ1) is 16.5. The largest absolute Gasteiger partial charge is 0.474 e. The number of amides is 1. The van der Waals surface area contributed by atoms with Gasteiger partial charge in [-0.3, -0.25) is 4.79 Å². The van der Waals surface area contributed by atoms with Gasteiger partial charge in [0.2, 0.25) is 5.88 Å². The van der Waals surface area contributed by atoms with Crippen molar-refractivity contribution in [3.05, 3.63) is 53.2 Å². The highest BCUT2D eigenvalue weighted by molar-refractivity contribution is 6.04. The smallest absolute Gasteiger partial charge is 0.257 e. The lowest BCUT2D eigenvalue weighted by atomic mass is 10.1. The average Bonchev–Trinajstić information content (AvgIpc) is 2.55. The van der Waals surface area contributed by atoms with Crippen LogP contribution < -0.4 is 10.1 Å². The van der Waals surface area contributed by atoms with Crippen LogP contribution in [0.2, 0.25) is 0 Å². The van der Waals surface area contributed by atoms with Crippen molar-refractivity contribution < 1.29 is 14.3 Å². The Hall–Kier alpha value is -2.40. The van der Waals surface area contributed by atoms with Gasteiger partial charge in [0.25, 0.3) is 5.91 Å². The average molecular weight is 326 g/mol. The highest BCUT2D eigenvalue weighted by Crippen LogP contribution is 2.18. The molecule has 3 rings (SSSR count). The summed E-state index contributed by atoms with van der Waals surface area (Å²) >= 11 is 0. The molecule has 126 valence electrons. The Morgan fingerprint density at radius 3 is 2.50 bits per heavy atom. The number of carbonyl (C=O) groups is 1. The molecule has 1 N–H and O–H groups in total. The van der Waals surface area contributed by atoms with E-state index in [4.69, 9.17) is 9.47 Å².